The third kappa shape index (κ3) is 5.02. The maximum Gasteiger partial charge on any atom is 0.282 e. The Labute approximate surface area is 194 Å². The normalized spacial score (nSPS) is 13.7. The van der Waals surface area contributed by atoms with E-state index in [2.05, 4.69) is 0 Å². The molecule has 2 amide bonds. The Balaban J connectivity index is 2.17. The average molecular weight is 454 g/mol. The van der Waals surface area contributed by atoms with Gasteiger partial charge in [0.15, 0.2) is 0 Å². The quantitative estimate of drug-likeness (QED) is 0.485. The number of carbonyl (C=O) groups is 2. The van der Waals surface area contributed by atoms with Crippen molar-refractivity contribution in [3.63, 3.8) is 0 Å². The summed E-state index contributed by atoms with van der Waals surface area (Å²) < 4.78 is 16.1. The molecular weight excluding hydrogens is 422 g/mol. The van der Waals surface area contributed by atoms with Crippen LogP contribution in [0.15, 0.2) is 54.2 Å². The number of rotatable bonds is 11. The summed E-state index contributed by atoms with van der Waals surface area (Å²) in [6, 6.07) is 14.6. The zero-order valence-electron chi connectivity index (χ0n) is 19.8. The summed E-state index contributed by atoms with van der Waals surface area (Å²) in [5.74, 6) is -0.257. The van der Waals surface area contributed by atoms with E-state index in [4.69, 9.17) is 14.2 Å². The number of hydrogen-bond donors (Lipinski definition) is 0. The summed E-state index contributed by atoms with van der Waals surface area (Å²) in [6.07, 6.45) is 0. The number of amides is 2. The first kappa shape index (κ1) is 24.3. The first-order valence-corrected chi connectivity index (χ1v) is 10.7. The maximum atomic E-state index is 13.8. The van der Waals surface area contributed by atoms with Crippen molar-refractivity contribution < 1.29 is 23.8 Å². The molecule has 1 aliphatic heterocycles. The van der Waals surface area contributed by atoms with Crippen molar-refractivity contribution in [1.29, 1.82) is 0 Å². The highest BCUT2D eigenvalue weighted by Crippen LogP contribution is 2.38. The van der Waals surface area contributed by atoms with Crippen LogP contribution in [0.5, 0.6) is 5.75 Å². The Morgan fingerprint density at radius 3 is 2.12 bits per heavy atom. The summed E-state index contributed by atoms with van der Waals surface area (Å²) in [6.45, 7) is 1.64. The van der Waals surface area contributed by atoms with Gasteiger partial charge in [-0.05, 0) is 24.3 Å². The minimum Gasteiger partial charge on any atom is -0.496 e. The van der Waals surface area contributed by atoms with Crippen LogP contribution in [0.1, 0.15) is 5.56 Å². The van der Waals surface area contributed by atoms with Gasteiger partial charge in [-0.25, -0.2) is 4.90 Å². The van der Waals surface area contributed by atoms with E-state index in [1.54, 1.807) is 39.5 Å². The molecular formula is C25H31N3O5. The van der Waals surface area contributed by atoms with E-state index in [0.29, 0.717) is 54.6 Å². The molecule has 0 aromatic heterocycles. The number of imide groups is 1. The van der Waals surface area contributed by atoms with Gasteiger partial charge >= 0.3 is 0 Å². The first-order valence-electron chi connectivity index (χ1n) is 10.7. The summed E-state index contributed by atoms with van der Waals surface area (Å²) in [4.78, 5) is 32.6. The van der Waals surface area contributed by atoms with E-state index in [1.165, 1.54) is 4.90 Å². The van der Waals surface area contributed by atoms with Gasteiger partial charge in [-0.2, -0.15) is 0 Å². The zero-order chi connectivity index (χ0) is 24.0. The predicted octanol–water partition coefficient (Wildman–Crippen LogP) is 2.64. The van der Waals surface area contributed by atoms with Gasteiger partial charge in [-0.3, -0.25) is 9.59 Å². The maximum absolute atomic E-state index is 13.8. The van der Waals surface area contributed by atoms with Crippen LogP contribution in [0.3, 0.4) is 0 Å². The fourth-order valence-electron chi connectivity index (χ4n) is 3.79. The molecule has 33 heavy (non-hydrogen) atoms. The van der Waals surface area contributed by atoms with E-state index in [-0.39, 0.29) is 5.91 Å². The average Bonchev–Trinajstić information content (AvgIpc) is 3.08. The highest BCUT2D eigenvalue weighted by atomic mass is 16.5. The van der Waals surface area contributed by atoms with E-state index in [0.717, 1.165) is 5.69 Å². The summed E-state index contributed by atoms with van der Waals surface area (Å²) >= 11 is 0. The van der Waals surface area contributed by atoms with Crippen molar-refractivity contribution in [2.45, 2.75) is 0 Å². The number of benzene rings is 2. The van der Waals surface area contributed by atoms with Crippen LogP contribution in [0.4, 0.5) is 11.4 Å². The zero-order valence-corrected chi connectivity index (χ0v) is 19.8. The summed E-state index contributed by atoms with van der Waals surface area (Å²) in [5, 5.41) is 0. The number of carbonyl (C=O) groups excluding carboxylic acids is 2. The van der Waals surface area contributed by atoms with Gasteiger partial charge in [-0.1, -0.05) is 24.3 Å². The van der Waals surface area contributed by atoms with Gasteiger partial charge in [0.2, 0.25) is 0 Å². The fourth-order valence-corrected chi connectivity index (χ4v) is 3.79. The fraction of sp³-hybridized carbons (Fsp3) is 0.360. The van der Waals surface area contributed by atoms with Gasteiger partial charge in [0.1, 0.15) is 11.4 Å². The predicted molar refractivity (Wildman–Crippen MR) is 129 cm³/mol. The Bertz CT molecular complexity index is 1030. The van der Waals surface area contributed by atoms with Crippen LogP contribution in [0, 0.1) is 0 Å². The van der Waals surface area contributed by atoms with Crippen LogP contribution in [-0.2, 0) is 19.1 Å². The smallest absolute Gasteiger partial charge is 0.282 e. The van der Waals surface area contributed by atoms with Crippen molar-refractivity contribution >= 4 is 28.8 Å². The molecule has 1 heterocycles. The SMILES string of the molecule is COCCN(CCOC)C1=C(c2ccccc2OC)C(=O)N(c2cccc(N(C)C)c2)C1=O. The van der Waals surface area contributed by atoms with Crippen LogP contribution in [0.2, 0.25) is 0 Å². The summed E-state index contributed by atoms with van der Waals surface area (Å²) in [7, 11) is 8.57. The van der Waals surface area contributed by atoms with E-state index >= 15 is 0 Å². The molecule has 3 rings (SSSR count). The molecule has 1 aliphatic rings. The molecule has 176 valence electrons. The van der Waals surface area contributed by atoms with E-state index < -0.39 is 5.91 Å². The van der Waals surface area contributed by atoms with Crippen LogP contribution in [-0.4, -0.2) is 78.4 Å². The molecule has 2 aromatic carbocycles. The lowest BCUT2D eigenvalue weighted by Crippen LogP contribution is -2.37. The molecule has 0 spiro atoms. The van der Waals surface area contributed by atoms with Gasteiger partial charge in [0.25, 0.3) is 11.8 Å². The second-order valence-corrected chi connectivity index (χ2v) is 7.76. The standard InChI is InChI=1S/C25H31N3O5/c1-26(2)18-9-8-10-19(17-18)28-24(29)22(20-11-6-7-12-21(20)33-5)23(25(28)30)27(13-15-31-3)14-16-32-4/h6-12,17H,13-16H2,1-5H3. The molecule has 0 N–H and O–H groups in total. The van der Waals surface area contributed by atoms with Crippen LogP contribution in [0.25, 0.3) is 5.57 Å². The Morgan fingerprint density at radius 2 is 1.52 bits per heavy atom. The molecule has 0 atom stereocenters. The van der Waals surface area contributed by atoms with Crippen molar-refractivity contribution in [1.82, 2.24) is 4.90 Å². The van der Waals surface area contributed by atoms with Gasteiger partial charge in [0, 0.05) is 52.7 Å². The number of ether oxygens (including phenoxy) is 3. The van der Waals surface area contributed by atoms with Crippen LogP contribution >= 0.6 is 0 Å². The second kappa shape index (κ2) is 11.0. The van der Waals surface area contributed by atoms with E-state index in [1.807, 2.05) is 54.2 Å². The number of anilines is 2. The summed E-state index contributed by atoms with van der Waals surface area (Å²) in [5.41, 5.74) is 2.58. The highest BCUT2D eigenvalue weighted by molar-refractivity contribution is 6.45. The Hall–Kier alpha value is -3.36. The molecule has 0 fully saturated rings. The lowest BCUT2D eigenvalue weighted by molar-refractivity contribution is -0.120. The third-order valence-electron chi connectivity index (χ3n) is 5.49. The number of nitrogens with zero attached hydrogens (tertiary/aromatic N) is 3. The monoisotopic (exact) mass is 453 g/mol. The van der Waals surface area contributed by atoms with Gasteiger partial charge in [0.05, 0.1) is 31.6 Å². The number of methoxy groups -OCH3 is 3. The van der Waals surface area contributed by atoms with Crippen molar-refractivity contribution in [3.8, 4) is 5.75 Å². The van der Waals surface area contributed by atoms with E-state index in [9.17, 15) is 9.59 Å². The first-order chi connectivity index (χ1) is 15.9. The molecule has 0 unspecified atom stereocenters. The lowest BCUT2D eigenvalue weighted by atomic mass is 10.0. The molecule has 0 saturated heterocycles. The molecule has 0 radical (unpaired) electrons. The largest absolute Gasteiger partial charge is 0.496 e. The second-order valence-electron chi connectivity index (χ2n) is 7.76. The third-order valence-corrected chi connectivity index (χ3v) is 5.49. The van der Waals surface area contributed by atoms with Crippen molar-refractivity contribution in [2.24, 2.45) is 0 Å². The Kier molecular flexibility index (Phi) is 8.08. The number of para-hydroxylation sites is 1. The highest BCUT2D eigenvalue weighted by Gasteiger charge is 2.43. The molecule has 8 nitrogen and oxygen atoms in total. The minimum atomic E-state index is -0.393. The van der Waals surface area contributed by atoms with Gasteiger partial charge in [-0.15, -0.1) is 0 Å². The topological polar surface area (TPSA) is 71.6 Å². The molecule has 8 heteroatoms. The van der Waals surface area contributed by atoms with Crippen LogP contribution < -0.4 is 14.5 Å². The Morgan fingerprint density at radius 1 is 0.848 bits per heavy atom. The van der Waals surface area contributed by atoms with Gasteiger partial charge < -0.3 is 24.0 Å². The minimum absolute atomic E-state index is 0.305. The lowest BCUT2D eigenvalue weighted by Gasteiger charge is -2.26. The van der Waals surface area contributed by atoms with Crippen molar-refractivity contribution in [3.05, 3.63) is 59.8 Å². The molecule has 0 saturated carbocycles. The molecule has 0 bridgehead atoms. The molecule has 0 aliphatic carbocycles. The number of hydrogen-bond acceptors (Lipinski definition) is 7. The molecule has 2 aromatic rings. The van der Waals surface area contributed by atoms with Crippen molar-refractivity contribution in [2.75, 3.05) is 71.5 Å².